The van der Waals surface area contributed by atoms with E-state index in [9.17, 15) is 9.59 Å². The first-order valence-electron chi connectivity index (χ1n) is 9.74. The molecule has 0 radical (unpaired) electrons. The third-order valence-electron chi connectivity index (χ3n) is 4.60. The van der Waals surface area contributed by atoms with Crippen LogP contribution in [0.25, 0.3) is 6.08 Å². The largest absolute Gasteiger partial charge is 0.493 e. The van der Waals surface area contributed by atoms with Gasteiger partial charge in [0.05, 0.1) is 31.2 Å². The van der Waals surface area contributed by atoms with Crippen LogP contribution in [-0.4, -0.2) is 38.4 Å². The fourth-order valence-corrected chi connectivity index (χ4v) is 3.49. The highest BCUT2D eigenvalue weighted by Gasteiger charge is 2.30. The molecule has 1 amide bonds. The molecule has 0 bridgehead atoms. The van der Waals surface area contributed by atoms with Crippen molar-refractivity contribution in [2.45, 2.75) is 19.8 Å². The lowest BCUT2D eigenvalue weighted by molar-refractivity contribution is -0.142. The minimum atomic E-state index is -0.498. The first-order valence-corrected chi connectivity index (χ1v) is 10.5. The van der Waals surface area contributed by atoms with Crippen molar-refractivity contribution in [1.82, 2.24) is 0 Å². The first-order chi connectivity index (χ1) is 15.0. The minimum absolute atomic E-state index is 0.188. The predicted octanol–water partition coefficient (Wildman–Crippen LogP) is 4.60. The molecule has 2 aromatic carbocycles. The van der Waals surface area contributed by atoms with Gasteiger partial charge in [0, 0.05) is 4.47 Å². The van der Waals surface area contributed by atoms with Gasteiger partial charge in [-0.1, -0.05) is 47.5 Å². The first kappa shape index (κ1) is 22.6. The van der Waals surface area contributed by atoms with Crippen LogP contribution in [0, 0.1) is 0 Å². The van der Waals surface area contributed by atoms with Crippen molar-refractivity contribution < 1.29 is 23.8 Å². The molecule has 0 saturated carbocycles. The van der Waals surface area contributed by atoms with E-state index >= 15 is 0 Å². The normalized spacial score (nSPS) is 14.6. The Morgan fingerprint density at radius 1 is 1.16 bits per heavy atom. The number of esters is 1. The van der Waals surface area contributed by atoms with Gasteiger partial charge in [-0.05, 0) is 42.3 Å². The summed E-state index contributed by atoms with van der Waals surface area (Å²) in [5.41, 5.74) is 2.70. The van der Waals surface area contributed by atoms with Gasteiger partial charge in [0.2, 0.25) is 0 Å². The van der Waals surface area contributed by atoms with Crippen LogP contribution in [-0.2, 0) is 14.3 Å². The van der Waals surface area contributed by atoms with Gasteiger partial charge < -0.3 is 14.2 Å². The number of ether oxygens (including phenoxy) is 3. The summed E-state index contributed by atoms with van der Waals surface area (Å²) in [4.78, 5) is 24.5. The van der Waals surface area contributed by atoms with E-state index in [0.29, 0.717) is 33.7 Å². The summed E-state index contributed by atoms with van der Waals surface area (Å²) < 4.78 is 16.2. The van der Waals surface area contributed by atoms with Gasteiger partial charge in [-0.3, -0.25) is 4.79 Å². The van der Waals surface area contributed by atoms with E-state index in [1.807, 2.05) is 37.3 Å². The van der Waals surface area contributed by atoms with Gasteiger partial charge in [0.15, 0.2) is 18.1 Å². The molecule has 0 spiro atoms. The van der Waals surface area contributed by atoms with Crippen LogP contribution in [0.4, 0.5) is 5.69 Å². The highest BCUT2D eigenvalue weighted by Crippen LogP contribution is 2.36. The van der Waals surface area contributed by atoms with Gasteiger partial charge in [0.1, 0.15) is 0 Å². The van der Waals surface area contributed by atoms with E-state index < -0.39 is 5.97 Å². The van der Waals surface area contributed by atoms with Crippen molar-refractivity contribution in [3.63, 3.8) is 0 Å². The lowest BCUT2D eigenvalue weighted by Gasteiger charge is -2.13. The van der Waals surface area contributed by atoms with Crippen molar-refractivity contribution in [3.8, 4) is 11.5 Å². The average Bonchev–Trinajstić information content (AvgIpc) is 3.09. The molecule has 0 unspecified atom stereocenters. The number of hydrogen-bond acceptors (Lipinski definition) is 6. The standard InChI is InChI=1S/C23H23BrN2O5/c1-4-8-19-17(23(28)26(25-19)16-9-6-5-7-10-16)11-15-12-20(29-2)21(13-18(15)24)31-14-22(27)30-3/h5-7,9-13H,4,8,14H2,1-3H3. The summed E-state index contributed by atoms with van der Waals surface area (Å²) in [6.45, 7) is 1.81. The molecule has 7 nitrogen and oxygen atoms in total. The molecule has 0 N–H and O–H groups in total. The lowest BCUT2D eigenvalue weighted by Crippen LogP contribution is -2.21. The molecule has 1 aliphatic rings. The molecule has 2 aromatic rings. The van der Waals surface area contributed by atoms with E-state index in [4.69, 9.17) is 9.47 Å². The van der Waals surface area contributed by atoms with Crippen LogP contribution in [0.2, 0.25) is 0 Å². The Kier molecular flexibility index (Phi) is 7.46. The van der Waals surface area contributed by atoms with E-state index in [1.165, 1.54) is 19.2 Å². The lowest BCUT2D eigenvalue weighted by atomic mass is 10.0. The second-order valence-corrected chi connectivity index (χ2v) is 7.55. The predicted molar refractivity (Wildman–Crippen MR) is 122 cm³/mol. The molecule has 8 heteroatoms. The Labute approximate surface area is 189 Å². The van der Waals surface area contributed by atoms with E-state index in [0.717, 1.165) is 17.7 Å². The van der Waals surface area contributed by atoms with E-state index in [1.54, 1.807) is 18.2 Å². The smallest absolute Gasteiger partial charge is 0.343 e. The number of halogens is 1. The maximum Gasteiger partial charge on any atom is 0.343 e. The summed E-state index contributed by atoms with van der Waals surface area (Å²) in [7, 11) is 2.80. The molecular formula is C23H23BrN2O5. The van der Waals surface area contributed by atoms with Gasteiger partial charge in [0.25, 0.3) is 5.91 Å². The molecule has 1 heterocycles. The van der Waals surface area contributed by atoms with Crippen molar-refractivity contribution in [2.75, 3.05) is 25.8 Å². The van der Waals surface area contributed by atoms with Gasteiger partial charge >= 0.3 is 5.97 Å². The van der Waals surface area contributed by atoms with Crippen LogP contribution in [0.5, 0.6) is 11.5 Å². The quantitative estimate of drug-likeness (QED) is 0.402. The summed E-state index contributed by atoms with van der Waals surface area (Å²) in [5, 5.41) is 5.99. The summed E-state index contributed by atoms with van der Waals surface area (Å²) in [6.07, 6.45) is 3.32. The highest BCUT2D eigenvalue weighted by molar-refractivity contribution is 9.10. The minimum Gasteiger partial charge on any atom is -0.493 e. The maximum atomic E-state index is 13.2. The Balaban J connectivity index is 1.96. The Bertz CT molecular complexity index is 1030. The zero-order valence-electron chi connectivity index (χ0n) is 17.6. The number of methoxy groups -OCH3 is 2. The number of nitrogens with zero attached hydrogens (tertiary/aromatic N) is 2. The molecule has 0 fully saturated rings. The van der Waals surface area contributed by atoms with Gasteiger partial charge in [-0.25, -0.2) is 4.79 Å². The number of rotatable bonds is 8. The van der Waals surface area contributed by atoms with Crippen molar-refractivity contribution in [2.24, 2.45) is 5.10 Å². The summed E-state index contributed by atoms with van der Waals surface area (Å²) in [5.74, 6) is 0.125. The molecule has 0 aliphatic carbocycles. The Hall–Kier alpha value is -3.13. The SMILES string of the molecule is CCCC1=NN(c2ccccc2)C(=O)C1=Cc1cc(OC)c(OCC(=O)OC)cc1Br. The third kappa shape index (κ3) is 5.14. The van der Waals surface area contributed by atoms with E-state index in [-0.39, 0.29) is 12.5 Å². The van der Waals surface area contributed by atoms with E-state index in [2.05, 4.69) is 25.8 Å². The monoisotopic (exact) mass is 486 g/mol. The number of hydrazone groups is 1. The molecule has 0 saturated heterocycles. The van der Waals surface area contributed by atoms with Crippen LogP contribution in [0.15, 0.2) is 57.6 Å². The van der Waals surface area contributed by atoms with Crippen LogP contribution < -0.4 is 14.5 Å². The average molecular weight is 487 g/mol. The topological polar surface area (TPSA) is 77.4 Å². The summed E-state index contributed by atoms with van der Waals surface area (Å²) >= 11 is 3.52. The summed E-state index contributed by atoms with van der Waals surface area (Å²) in [6, 6.07) is 12.8. The third-order valence-corrected chi connectivity index (χ3v) is 5.28. The number of anilines is 1. The van der Waals surface area contributed by atoms with Crippen LogP contribution in [0.1, 0.15) is 25.3 Å². The maximum absolute atomic E-state index is 13.2. The number of hydrogen-bond donors (Lipinski definition) is 0. The Morgan fingerprint density at radius 3 is 2.55 bits per heavy atom. The fraction of sp³-hybridized carbons (Fsp3) is 0.261. The van der Waals surface area contributed by atoms with Crippen molar-refractivity contribution in [1.29, 1.82) is 0 Å². The second-order valence-electron chi connectivity index (χ2n) is 6.70. The number of benzene rings is 2. The van der Waals surface area contributed by atoms with Crippen LogP contribution in [0.3, 0.4) is 0 Å². The molecule has 3 rings (SSSR count). The zero-order valence-corrected chi connectivity index (χ0v) is 19.1. The van der Waals surface area contributed by atoms with Gasteiger partial charge in [-0.15, -0.1) is 0 Å². The Morgan fingerprint density at radius 2 is 1.90 bits per heavy atom. The fourth-order valence-electron chi connectivity index (χ4n) is 3.05. The number of carbonyl (C=O) groups excluding carboxylic acids is 2. The molecule has 0 atom stereocenters. The number of amides is 1. The zero-order chi connectivity index (χ0) is 22.4. The highest BCUT2D eigenvalue weighted by atomic mass is 79.9. The van der Waals surface area contributed by atoms with Crippen molar-refractivity contribution in [3.05, 3.63) is 58.1 Å². The molecule has 1 aliphatic heterocycles. The molecule has 31 heavy (non-hydrogen) atoms. The molecular weight excluding hydrogens is 464 g/mol. The molecule has 0 aromatic heterocycles. The number of carbonyl (C=O) groups is 2. The second kappa shape index (κ2) is 10.3. The van der Waals surface area contributed by atoms with Crippen LogP contribution >= 0.6 is 15.9 Å². The van der Waals surface area contributed by atoms with Gasteiger partial charge in [-0.2, -0.15) is 10.1 Å². The van der Waals surface area contributed by atoms with Crippen molar-refractivity contribution >= 4 is 45.3 Å². The number of para-hydroxylation sites is 1. The molecule has 162 valence electrons.